The van der Waals surface area contributed by atoms with Gasteiger partial charge >= 0.3 is 0 Å². The fourth-order valence-corrected chi connectivity index (χ4v) is 9.17. The minimum Gasteiger partial charge on any atom is -0.311 e. The van der Waals surface area contributed by atoms with Crippen molar-refractivity contribution in [3.63, 3.8) is 0 Å². The lowest BCUT2D eigenvalue weighted by molar-refractivity contribution is 1.28. The smallest absolute Gasteiger partial charge is 0.0467 e. The molecule has 11 aromatic rings. The number of hydrogen-bond acceptors (Lipinski definition) is 3. The van der Waals surface area contributed by atoms with E-state index in [2.05, 4.69) is 312 Å². The molecule has 0 radical (unpaired) electrons. The lowest BCUT2D eigenvalue weighted by Crippen LogP contribution is -2.09. The fourth-order valence-electron chi connectivity index (χ4n) is 9.17. The molecule has 3 nitrogen and oxygen atoms in total. The van der Waals surface area contributed by atoms with Gasteiger partial charge in [0.2, 0.25) is 0 Å². The first-order valence-electron chi connectivity index (χ1n) is 23.5. The third-order valence-corrected chi connectivity index (χ3v) is 12.7. The molecule has 0 fully saturated rings. The topological polar surface area (TPSA) is 9.72 Å². The van der Waals surface area contributed by atoms with Crippen LogP contribution in [0.15, 0.2) is 297 Å². The Bertz CT molecular complexity index is 3280. The van der Waals surface area contributed by atoms with Gasteiger partial charge in [-0.1, -0.05) is 188 Å². The average molecular weight is 884 g/mol. The summed E-state index contributed by atoms with van der Waals surface area (Å²) in [7, 11) is 0. The zero-order chi connectivity index (χ0) is 46.2. The van der Waals surface area contributed by atoms with Crippen LogP contribution in [-0.2, 0) is 0 Å². The molecule has 0 unspecified atom stereocenters. The van der Waals surface area contributed by atoms with Crippen LogP contribution >= 0.6 is 0 Å². The second-order valence-electron chi connectivity index (χ2n) is 17.0. The highest BCUT2D eigenvalue weighted by Crippen LogP contribution is 2.40. The maximum Gasteiger partial charge on any atom is 0.0467 e. The van der Waals surface area contributed by atoms with Crippen molar-refractivity contribution < 1.29 is 0 Å². The predicted octanol–water partition coefficient (Wildman–Crippen LogP) is 18.8. The minimum atomic E-state index is 1.09. The average Bonchev–Trinajstić information content (AvgIpc) is 3.43. The lowest BCUT2D eigenvalue weighted by atomic mass is 9.99. The summed E-state index contributed by atoms with van der Waals surface area (Å²) in [4.78, 5) is 6.92. The second kappa shape index (κ2) is 19.7. The Hall–Kier alpha value is -9.18. The van der Waals surface area contributed by atoms with E-state index in [-0.39, 0.29) is 0 Å². The molecule has 0 saturated carbocycles. The first-order chi connectivity index (χ1) is 34.2. The Labute approximate surface area is 405 Å². The molecule has 11 aromatic carbocycles. The minimum absolute atomic E-state index is 1.09. The quantitative estimate of drug-likeness (QED) is 0.114. The van der Waals surface area contributed by atoms with Gasteiger partial charge in [-0.05, 0) is 154 Å². The molecule has 0 saturated heterocycles. The van der Waals surface area contributed by atoms with Crippen LogP contribution in [0.5, 0.6) is 0 Å². The Morgan fingerprint density at radius 2 is 0.319 bits per heavy atom. The van der Waals surface area contributed by atoms with E-state index in [4.69, 9.17) is 0 Å². The van der Waals surface area contributed by atoms with Crippen LogP contribution in [0.2, 0.25) is 0 Å². The number of benzene rings is 11. The van der Waals surface area contributed by atoms with E-state index in [1.54, 1.807) is 0 Å². The van der Waals surface area contributed by atoms with E-state index in [0.29, 0.717) is 0 Å². The standard InChI is InChI=1S/C66H49N3/c1-6-18-58(19-7-1)67(59-20-8-2-9-21-59)63-43-37-53(38-44-63)50-29-31-51(32-30-50)55-41-47-65(48-42-55)69(62-26-14-5-15-27-62)66-28-16-17-57(49-66)56-35-33-52(34-36-56)54-39-45-64(46-40-54)68(60-22-10-3-11-23-60)61-24-12-4-13-25-61/h1-49H. The SMILES string of the molecule is c1ccc(N(c2ccccc2)c2ccc(-c3ccc(-c4ccc(N(c5ccccc5)c5cccc(-c6ccc(-c7ccc(N(c8ccccc8)c8ccccc8)cc7)cc6)c5)cc4)cc3)cc2)cc1. The summed E-state index contributed by atoms with van der Waals surface area (Å²) in [6, 6.07) is 106. The van der Waals surface area contributed by atoms with Crippen molar-refractivity contribution in [1.82, 2.24) is 0 Å². The molecule has 0 aromatic heterocycles. The molecule has 328 valence electrons. The molecule has 0 bridgehead atoms. The van der Waals surface area contributed by atoms with Crippen molar-refractivity contribution in [3.05, 3.63) is 297 Å². The van der Waals surface area contributed by atoms with Crippen LogP contribution < -0.4 is 14.7 Å². The van der Waals surface area contributed by atoms with Gasteiger partial charge in [0.05, 0.1) is 0 Å². The summed E-state index contributed by atoms with van der Waals surface area (Å²) < 4.78 is 0. The molecule has 0 heterocycles. The van der Waals surface area contributed by atoms with Gasteiger partial charge in [0.25, 0.3) is 0 Å². The van der Waals surface area contributed by atoms with Gasteiger partial charge in [0.1, 0.15) is 0 Å². The van der Waals surface area contributed by atoms with Crippen LogP contribution in [0, 0.1) is 0 Å². The number of hydrogen-bond donors (Lipinski definition) is 0. The normalized spacial score (nSPS) is 10.9. The van der Waals surface area contributed by atoms with Gasteiger partial charge in [0, 0.05) is 51.2 Å². The Morgan fingerprint density at radius 1 is 0.130 bits per heavy atom. The summed E-state index contributed by atoms with van der Waals surface area (Å²) in [6.45, 7) is 0. The van der Waals surface area contributed by atoms with Crippen LogP contribution in [0.25, 0.3) is 44.5 Å². The van der Waals surface area contributed by atoms with E-state index in [0.717, 1.165) is 56.7 Å². The van der Waals surface area contributed by atoms with Gasteiger partial charge in [-0.2, -0.15) is 0 Å². The lowest BCUT2D eigenvalue weighted by Gasteiger charge is -2.26. The number of para-hydroxylation sites is 5. The molecular formula is C66H49N3. The molecule has 0 N–H and O–H groups in total. The first kappa shape index (κ1) is 42.5. The molecule has 3 heteroatoms. The highest BCUT2D eigenvalue weighted by Gasteiger charge is 2.16. The molecule has 69 heavy (non-hydrogen) atoms. The highest BCUT2D eigenvalue weighted by molar-refractivity contribution is 5.84. The number of rotatable bonds is 13. The molecule has 11 rings (SSSR count). The third-order valence-electron chi connectivity index (χ3n) is 12.7. The van der Waals surface area contributed by atoms with Gasteiger partial charge < -0.3 is 14.7 Å². The van der Waals surface area contributed by atoms with E-state index in [1.807, 2.05) is 0 Å². The highest BCUT2D eigenvalue weighted by atomic mass is 15.2. The largest absolute Gasteiger partial charge is 0.311 e. The van der Waals surface area contributed by atoms with Crippen molar-refractivity contribution >= 4 is 51.2 Å². The summed E-state index contributed by atoms with van der Waals surface area (Å²) in [5.41, 5.74) is 19.4. The number of nitrogens with zero attached hydrogens (tertiary/aromatic N) is 3. The van der Waals surface area contributed by atoms with Crippen LogP contribution in [0.4, 0.5) is 51.2 Å². The van der Waals surface area contributed by atoms with Crippen LogP contribution in [-0.4, -0.2) is 0 Å². The molecule has 0 aliphatic carbocycles. The summed E-state index contributed by atoms with van der Waals surface area (Å²) in [6.07, 6.45) is 0. The van der Waals surface area contributed by atoms with Crippen molar-refractivity contribution in [2.24, 2.45) is 0 Å². The zero-order valence-electron chi connectivity index (χ0n) is 38.1. The van der Waals surface area contributed by atoms with E-state index in [1.165, 1.54) is 38.9 Å². The van der Waals surface area contributed by atoms with Crippen LogP contribution in [0.3, 0.4) is 0 Å². The van der Waals surface area contributed by atoms with Crippen molar-refractivity contribution in [3.8, 4) is 44.5 Å². The molecule has 0 atom stereocenters. The zero-order valence-corrected chi connectivity index (χ0v) is 38.1. The predicted molar refractivity (Wildman–Crippen MR) is 292 cm³/mol. The van der Waals surface area contributed by atoms with Gasteiger partial charge in [-0.3, -0.25) is 0 Å². The summed E-state index contributed by atoms with van der Waals surface area (Å²) in [5.74, 6) is 0. The molecule has 0 aliphatic rings. The van der Waals surface area contributed by atoms with E-state index in [9.17, 15) is 0 Å². The Kier molecular flexibility index (Phi) is 12.1. The summed E-state index contributed by atoms with van der Waals surface area (Å²) >= 11 is 0. The monoisotopic (exact) mass is 883 g/mol. The third kappa shape index (κ3) is 9.31. The first-order valence-corrected chi connectivity index (χ1v) is 23.5. The van der Waals surface area contributed by atoms with E-state index < -0.39 is 0 Å². The maximum absolute atomic E-state index is 2.33. The van der Waals surface area contributed by atoms with Crippen molar-refractivity contribution in [1.29, 1.82) is 0 Å². The van der Waals surface area contributed by atoms with Gasteiger partial charge in [0.15, 0.2) is 0 Å². The molecule has 0 aliphatic heterocycles. The Balaban J connectivity index is 0.812. The number of anilines is 9. The van der Waals surface area contributed by atoms with Gasteiger partial charge in [-0.15, -0.1) is 0 Å². The second-order valence-corrected chi connectivity index (χ2v) is 17.0. The van der Waals surface area contributed by atoms with Crippen molar-refractivity contribution in [2.45, 2.75) is 0 Å². The van der Waals surface area contributed by atoms with E-state index >= 15 is 0 Å². The van der Waals surface area contributed by atoms with Gasteiger partial charge in [-0.25, -0.2) is 0 Å². The molecule has 0 spiro atoms. The van der Waals surface area contributed by atoms with Crippen LogP contribution in [0.1, 0.15) is 0 Å². The Morgan fingerprint density at radius 3 is 0.580 bits per heavy atom. The van der Waals surface area contributed by atoms with Crippen molar-refractivity contribution in [2.75, 3.05) is 14.7 Å². The fraction of sp³-hybridized carbons (Fsp3) is 0. The maximum atomic E-state index is 2.33. The molecular weight excluding hydrogens is 835 g/mol. The molecule has 0 amide bonds. The summed E-state index contributed by atoms with van der Waals surface area (Å²) in [5, 5.41) is 0.